The van der Waals surface area contributed by atoms with Crippen LogP contribution >= 0.6 is 0 Å². The minimum absolute atomic E-state index is 0.0741. The lowest BCUT2D eigenvalue weighted by Crippen LogP contribution is -2.44. The molecular formula is C25H36N4O4. The molecule has 8 nitrogen and oxygen atoms in total. The van der Waals surface area contributed by atoms with Crippen molar-refractivity contribution >= 4 is 23.4 Å². The average Bonchev–Trinajstić information content (AvgIpc) is 3.28. The SMILES string of the molecule is CCCC(CNC(=O)c1[nH]c(C)c(C(C)=O)c1CC)NC(=O)c1[nH]c(C)c(C(C)=O)c1CC. The molecule has 33 heavy (non-hydrogen) atoms. The summed E-state index contributed by atoms with van der Waals surface area (Å²) in [4.78, 5) is 56.0. The van der Waals surface area contributed by atoms with Gasteiger partial charge in [-0.05, 0) is 58.1 Å². The van der Waals surface area contributed by atoms with Crippen LogP contribution in [0.5, 0.6) is 0 Å². The van der Waals surface area contributed by atoms with Crippen LogP contribution < -0.4 is 10.6 Å². The molecule has 0 radical (unpaired) electrons. The van der Waals surface area contributed by atoms with Gasteiger partial charge < -0.3 is 20.6 Å². The van der Waals surface area contributed by atoms with Crippen LogP contribution in [0, 0.1) is 13.8 Å². The Balaban J connectivity index is 2.18. The van der Waals surface area contributed by atoms with Gasteiger partial charge in [0, 0.05) is 35.1 Å². The Hall–Kier alpha value is -3.16. The van der Waals surface area contributed by atoms with E-state index in [1.54, 1.807) is 13.8 Å². The van der Waals surface area contributed by atoms with Gasteiger partial charge in [0.15, 0.2) is 11.6 Å². The monoisotopic (exact) mass is 456 g/mol. The predicted molar refractivity (Wildman–Crippen MR) is 128 cm³/mol. The first kappa shape index (κ1) is 26.1. The van der Waals surface area contributed by atoms with Gasteiger partial charge in [-0.15, -0.1) is 0 Å². The number of carbonyl (C=O) groups excluding carboxylic acids is 4. The molecule has 2 amide bonds. The van der Waals surface area contributed by atoms with Crippen molar-refractivity contribution in [2.24, 2.45) is 0 Å². The Bertz CT molecular complexity index is 1060. The second-order valence-corrected chi connectivity index (χ2v) is 8.45. The van der Waals surface area contributed by atoms with Crippen LogP contribution in [0.15, 0.2) is 0 Å². The van der Waals surface area contributed by atoms with Crippen molar-refractivity contribution in [3.05, 3.63) is 45.0 Å². The van der Waals surface area contributed by atoms with Crippen molar-refractivity contribution in [3.63, 3.8) is 0 Å². The number of rotatable bonds is 11. The summed E-state index contributed by atoms with van der Waals surface area (Å²) < 4.78 is 0. The van der Waals surface area contributed by atoms with Gasteiger partial charge in [0.05, 0.1) is 0 Å². The normalized spacial score (nSPS) is 11.8. The highest BCUT2D eigenvalue weighted by Gasteiger charge is 2.25. The van der Waals surface area contributed by atoms with E-state index in [0.29, 0.717) is 64.3 Å². The third kappa shape index (κ3) is 5.61. The van der Waals surface area contributed by atoms with Gasteiger partial charge in [-0.3, -0.25) is 19.2 Å². The Labute approximate surface area is 195 Å². The van der Waals surface area contributed by atoms with Crippen molar-refractivity contribution in [1.82, 2.24) is 20.6 Å². The number of aromatic amines is 2. The maximum Gasteiger partial charge on any atom is 0.268 e. The summed E-state index contributed by atoms with van der Waals surface area (Å²) in [5.41, 5.74) is 4.70. The molecule has 2 aromatic heterocycles. The van der Waals surface area contributed by atoms with Gasteiger partial charge in [-0.2, -0.15) is 0 Å². The van der Waals surface area contributed by atoms with E-state index in [1.807, 2.05) is 20.8 Å². The first-order valence-corrected chi connectivity index (χ1v) is 11.6. The quantitative estimate of drug-likeness (QED) is 0.384. The van der Waals surface area contributed by atoms with E-state index in [2.05, 4.69) is 20.6 Å². The van der Waals surface area contributed by atoms with E-state index >= 15 is 0 Å². The fraction of sp³-hybridized carbons (Fsp3) is 0.520. The second-order valence-electron chi connectivity index (χ2n) is 8.45. The van der Waals surface area contributed by atoms with Gasteiger partial charge in [0.1, 0.15) is 11.4 Å². The summed E-state index contributed by atoms with van der Waals surface area (Å²) in [6.45, 7) is 12.6. The molecule has 8 heteroatoms. The summed E-state index contributed by atoms with van der Waals surface area (Å²) in [7, 11) is 0. The number of H-pyrrole nitrogens is 2. The van der Waals surface area contributed by atoms with E-state index in [-0.39, 0.29) is 36.0 Å². The van der Waals surface area contributed by atoms with E-state index < -0.39 is 0 Å². The highest BCUT2D eigenvalue weighted by atomic mass is 16.2. The van der Waals surface area contributed by atoms with Crippen molar-refractivity contribution in [2.75, 3.05) is 6.54 Å². The molecule has 4 N–H and O–H groups in total. The number of aromatic nitrogens is 2. The van der Waals surface area contributed by atoms with Crippen LogP contribution in [0.25, 0.3) is 0 Å². The first-order chi connectivity index (χ1) is 15.6. The Kier molecular flexibility index (Phi) is 8.79. The zero-order valence-electron chi connectivity index (χ0n) is 20.7. The zero-order chi connectivity index (χ0) is 24.9. The number of ketones is 2. The molecule has 0 aliphatic heterocycles. The fourth-order valence-corrected chi connectivity index (χ4v) is 4.54. The number of hydrogen-bond donors (Lipinski definition) is 4. The molecule has 0 bridgehead atoms. The smallest absolute Gasteiger partial charge is 0.268 e. The Morgan fingerprint density at radius 2 is 1.24 bits per heavy atom. The number of Topliss-reactive ketones (excluding diaryl/α,β-unsaturated/α-hetero) is 2. The lowest BCUT2D eigenvalue weighted by atomic mass is 10.0. The molecule has 2 rings (SSSR count). The third-order valence-corrected chi connectivity index (χ3v) is 5.93. The lowest BCUT2D eigenvalue weighted by Gasteiger charge is -2.19. The van der Waals surface area contributed by atoms with Crippen LogP contribution in [0.2, 0.25) is 0 Å². The number of aryl methyl sites for hydroxylation is 2. The molecule has 0 aliphatic carbocycles. The van der Waals surface area contributed by atoms with Crippen LogP contribution in [-0.4, -0.2) is 45.9 Å². The molecule has 0 aromatic carbocycles. The fourth-order valence-electron chi connectivity index (χ4n) is 4.54. The molecule has 0 fully saturated rings. The summed E-state index contributed by atoms with van der Waals surface area (Å²) in [6, 6.07) is -0.283. The topological polar surface area (TPSA) is 124 Å². The van der Waals surface area contributed by atoms with E-state index in [0.717, 1.165) is 6.42 Å². The van der Waals surface area contributed by atoms with Crippen LogP contribution in [0.4, 0.5) is 0 Å². The average molecular weight is 457 g/mol. The van der Waals surface area contributed by atoms with Crippen LogP contribution in [-0.2, 0) is 12.8 Å². The van der Waals surface area contributed by atoms with Crippen molar-refractivity contribution in [2.45, 2.75) is 80.2 Å². The molecular weight excluding hydrogens is 420 g/mol. The van der Waals surface area contributed by atoms with E-state index in [1.165, 1.54) is 13.8 Å². The standard InChI is InChI=1S/C25H36N4O4/c1-8-11-17(29-25(33)23-19(10-3)21(16(7)31)14(5)28-23)12-26-24(32)22-18(9-2)20(15(6)30)13(4)27-22/h17,27-28H,8-12H2,1-7H3,(H,26,32)(H,29,33). The molecule has 0 spiro atoms. The Morgan fingerprint density at radius 3 is 1.64 bits per heavy atom. The molecule has 1 atom stereocenters. The van der Waals surface area contributed by atoms with Crippen molar-refractivity contribution in [1.29, 1.82) is 0 Å². The Morgan fingerprint density at radius 1 is 0.788 bits per heavy atom. The van der Waals surface area contributed by atoms with Crippen molar-refractivity contribution < 1.29 is 19.2 Å². The van der Waals surface area contributed by atoms with Crippen molar-refractivity contribution in [3.8, 4) is 0 Å². The lowest BCUT2D eigenvalue weighted by molar-refractivity contribution is 0.0900. The largest absolute Gasteiger partial charge is 0.354 e. The zero-order valence-corrected chi connectivity index (χ0v) is 20.7. The molecule has 2 aromatic rings. The van der Waals surface area contributed by atoms with Gasteiger partial charge in [0.25, 0.3) is 11.8 Å². The van der Waals surface area contributed by atoms with Crippen LogP contribution in [0.1, 0.15) is 112 Å². The maximum absolute atomic E-state index is 13.0. The minimum Gasteiger partial charge on any atom is -0.354 e. The highest BCUT2D eigenvalue weighted by molar-refractivity contribution is 6.03. The molecule has 0 aliphatic rings. The molecule has 2 heterocycles. The maximum atomic E-state index is 13.0. The summed E-state index contributed by atoms with van der Waals surface area (Å²) in [6.07, 6.45) is 2.61. The number of nitrogens with one attached hydrogen (secondary N) is 4. The third-order valence-electron chi connectivity index (χ3n) is 5.93. The number of amides is 2. The molecule has 0 saturated heterocycles. The minimum atomic E-state index is -0.304. The summed E-state index contributed by atoms with van der Waals surface area (Å²) in [5.74, 6) is -0.746. The van der Waals surface area contributed by atoms with E-state index in [9.17, 15) is 19.2 Å². The predicted octanol–water partition coefficient (Wildman–Crippen LogP) is 3.82. The molecule has 180 valence electrons. The molecule has 0 saturated carbocycles. The number of carbonyl (C=O) groups is 4. The van der Waals surface area contributed by atoms with Gasteiger partial charge in [-0.1, -0.05) is 27.2 Å². The summed E-state index contributed by atoms with van der Waals surface area (Å²) >= 11 is 0. The molecule has 1 unspecified atom stereocenters. The number of hydrogen-bond acceptors (Lipinski definition) is 4. The highest BCUT2D eigenvalue weighted by Crippen LogP contribution is 2.21. The van der Waals surface area contributed by atoms with E-state index in [4.69, 9.17) is 0 Å². The first-order valence-electron chi connectivity index (χ1n) is 11.6. The van der Waals surface area contributed by atoms with Gasteiger partial charge in [-0.25, -0.2) is 0 Å². The summed E-state index contributed by atoms with van der Waals surface area (Å²) in [5, 5.41) is 5.90. The second kappa shape index (κ2) is 11.1. The van der Waals surface area contributed by atoms with Gasteiger partial charge in [0.2, 0.25) is 0 Å². The van der Waals surface area contributed by atoms with Gasteiger partial charge >= 0.3 is 0 Å². The van der Waals surface area contributed by atoms with Crippen LogP contribution in [0.3, 0.4) is 0 Å².